The quantitative estimate of drug-likeness (QED) is 0.628. The Bertz CT molecular complexity index is 979. The summed E-state index contributed by atoms with van der Waals surface area (Å²) in [7, 11) is 0. The number of piperidine rings is 1. The number of rotatable bonds is 2. The van der Waals surface area contributed by atoms with Gasteiger partial charge < -0.3 is 14.7 Å². The Hall–Kier alpha value is -2.49. The first-order valence-electron chi connectivity index (χ1n) is 9.35. The van der Waals surface area contributed by atoms with Crippen molar-refractivity contribution in [3.05, 3.63) is 50.3 Å². The molecule has 0 aromatic carbocycles. The molecule has 3 aliphatic rings. The number of H-pyrrole nitrogens is 1. The van der Waals surface area contributed by atoms with Crippen molar-refractivity contribution in [3.63, 3.8) is 0 Å². The second-order valence-electron chi connectivity index (χ2n) is 7.78. The highest BCUT2D eigenvalue weighted by atomic mass is 16.8. The third-order valence-electron chi connectivity index (χ3n) is 6.13. The van der Waals surface area contributed by atoms with E-state index < -0.39 is 10.8 Å². The Kier molecular flexibility index (Phi) is 3.71. The molecule has 2 aliphatic heterocycles. The number of nitrogens with one attached hydrogen (secondary N) is 2. The van der Waals surface area contributed by atoms with E-state index in [1.807, 2.05) is 4.90 Å². The van der Waals surface area contributed by atoms with Gasteiger partial charge in [-0.25, -0.2) is 5.21 Å². The maximum Gasteiger partial charge on any atom is 0.315 e. The van der Waals surface area contributed by atoms with E-state index in [1.165, 1.54) is 6.07 Å². The molecule has 142 valence electrons. The molecule has 0 spiro atoms. The van der Waals surface area contributed by atoms with E-state index in [2.05, 4.69) is 10.2 Å². The normalized spacial score (nSPS) is 24.4. The van der Waals surface area contributed by atoms with Crippen LogP contribution in [0.4, 0.5) is 5.69 Å². The van der Waals surface area contributed by atoms with E-state index in [4.69, 9.17) is 0 Å². The zero-order valence-corrected chi connectivity index (χ0v) is 14.8. The van der Waals surface area contributed by atoms with Gasteiger partial charge >= 0.3 is 5.56 Å². The van der Waals surface area contributed by atoms with E-state index in [0.717, 1.165) is 42.6 Å². The number of fused-ring (bicyclic) bond motifs is 5. The fourth-order valence-electron chi connectivity index (χ4n) is 4.92. The fraction of sp³-hybridized carbons (Fsp3) is 0.500. The predicted molar refractivity (Wildman–Crippen MR) is 93.8 cm³/mol. The minimum absolute atomic E-state index is 0.0398. The number of pyridine rings is 1. The average Bonchev–Trinajstić information content (AvgIpc) is 3.25. The molecular weight excluding hydrogens is 350 g/mol. The first-order chi connectivity index (χ1) is 13.0. The number of quaternary nitrogens is 1. The lowest BCUT2D eigenvalue weighted by Gasteiger charge is -2.42. The minimum Gasteiger partial charge on any atom is -0.595 e. The van der Waals surface area contributed by atoms with E-state index in [1.54, 1.807) is 10.6 Å². The predicted octanol–water partition coefficient (Wildman–Crippen LogP) is -0.277. The van der Waals surface area contributed by atoms with Gasteiger partial charge in [0.2, 0.25) is 5.69 Å². The number of carbonyl (C=O) groups is 1. The molecule has 9 nitrogen and oxygen atoms in total. The fourth-order valence-corrected chi connectivity index (χ4v) is 4.92. The van der Waals surface area contributed by atoms with Crippen LogP contribution in [0.1, 0.15) is 46.2 Å². The lowest BCUT2D eigenvalue weighted by Crippen LogP contribution is -3.00. The van der Waals surface area contributed by atoms with Crippen LogP contribution >= 0.6 is 0 Å². The second-order valence-corrected chi connectivity index (χ2v) is 7.78. The van der Waals surface area contributed by atoms with E-state index in [0.29, 0.717) is 25.3 Å². The summed E-state index contributed by atoms with van der Waals surface area (Å²) in [6, 6.07) is 3.12. The molecule has 1 saturated heterocycles. The summed E-state index contributed by atoms with van der Waals surface area (Å²) in [5.41, 5.74) is 2.86. The van der Waals surface area contributed by atoms with E-state index in [9.17, 15) is 20.0 Å². The molecule has 1 fully saturated rings. The van der Waals surface area contributed by atoms with Crippen molar-refractivity contribution in [3.8, 4) is 0 Å². The summed E-state index contributed by atoms with van der Waals surface area (Å²) in [5.74, 6) is 0.153. The molecule has 9 heteroatoms. The van der Waals surface area contributed by atoms with Gasteiger partial charge in [-0.1, -0.05) is 0 Å². The van der Waals surface area contributed by atoms with Gasteiger partial charge in [-0.15, -0.1) is 0 Å². The monoisotopic (exact) mass is 371 g/mol. The third kappa shape index (κ3) is 2.53. The lowest BCUT2D eigenvalue weighted by molar-refractivity contribution is -0.992. The van der Waals surface area contributed by atoms with Crippen molar-refractivity contribution in [2.75, 3.05) is 13.1 Å². The second kappa shape index (κ2) is 6.01. The average molecular weight is 371 g/mol. The number of nitrogens with zero attached hydrogens (tertiary/aromatic N) is 3. The SMILES string of the molecule is O=C(c1n[nH]c2c1CCC2)N1CC2C[C@@H](C1)Cn1c2ccc([NH+]([O-])O)c1=O. The first kappa shape index (κ1) is 16.7. The Balaban J connectivity index is 1.45. The van der Waals surface area contributed by atoms with Crippen molar-refractivity contribution in [2.24, 2.45) is 5.92 Å². The number of likely N-dealkylation sites (tertiary alicyclic amines) is 1. The molecule has 3 atom stereocenters. The number of hydrogen-bond donors (Lipinski definition) is 3. The van der Waals surface area contributed by atoms with Crippen LogP contribution in [0, 0.1) is 11.1 Å². The number of carbonyl (C=O) groups excluding carboxylic acids is 1. The van der Waals surface area contributed by atoms with E-state index >= 15 is 0 Å². The van der Waals surface area contributed by atoms with Gasteiger partial charge in [0, 0.05) is 48.6 Å². The van der Waals surface area contributed by atoms with E-state index in [-0.39, 0.29) is 23.4 Å². The molecule has 2 aromatic rings. The van der Waals surface area contributed by atoms with Gasteiger partial charge in [-0.05, 0) is 37.7 Å². The molecule has 2 aromatic heterocycles. The summed E-state index contributed by atoms with van der Waals surface area (Å²) in [6.07, 6.45) is 3.80. The maximum absolute atomic E-state index is 13.1. The third-order valence-corrected chi connectivity index (χ3v) is 6.13. The highest BCUT2D eigenvalue weighted by molar-refractivity contribution is 5.94. The number of aromatic amines is 1. The van der Waals surface area contributed by atoms with Gasteiger partial charge in [0.1, 0.15) is 0 Å². The van der Waals surface area contributed by atoms with Crippen LogP contribution in [0.3, 0.4) is 0 Å². The van der Waals surface area contributed by atoms with Crippen LogP contribution in [0.25, 0.3) is 0 Å². The number of aromatic nitrogens is 3. The maximum atomic E-state index is 13.1. The van der Waals surface area contributed by atoms with Gasteiger partial charge in [-0.2, -0.15) is 10.3 Å². The van der Waals surface area contributed by atoms with Crippen LogP contribution < -0.4 is 10.8 Å². The Morgan fingerprint density at radius 3 is 2.96 bits per heavy atom. The molecule has 2 unspecified atom stereocenters. The molecule has 0 saturated carbocycles. The molecule has 5 rings (SSSR count). The summed E-state index contributed by atoms with van der Waals surface area (Å²) in [6.45, 7) is 1.55. The standard InChI is InChI=1S/C18H21N5O4/c24-17-15(23(26)27)5-4-14-11-6-10(8-22(14)17)7-21(9-11)18(25)16-12-2-1-3-13(12)19-20-16/h4-5,10-11,23,26H,1-3,6-9H2,(H,19,20)/t10-,11?/m0/s1. The smallest absolute Gasteiger partial charge is 0.315 e. The Morgan fingerprint density at radius 1 is 1.30 bits per heavy atom. The molecule has 2 bridgehead atoms. The first-order valence-corrected chi connectivity index (χ1v) is 9.35. The Labute approximate surface area is 154 Å². The molecule has 1 aliphatic carbocycles. The van der Waals surface area contributed by atoms with Crippen LogP contribution in [-0.4, -0.2) is 43.9 Å². The Morgan fingerprint density at radius 2 is 2.15 bits per heavy atom. The van der Waals surface area contributed by atoms with Crippen LogP contribution in [0.5, 0.6) is 0 Å². The van der Waals surface area contributed by atoms with Crippen LogP contribution in [0.2, 0.25) is 0 Å². The zero-order valence-electron chi connectivity index (χ0n) is 14.8. The number of amides is 1. The van der Waals surface area contributed by atoms with Crippen molar-refractivity contribution >= 4 is 11.6 Å². The van der Waals surface area contributed by atoms with Crippen LogP contribution in [0.15, 0.2) is 16.9 Å². The van der Waals surface area contributed by atoms with Crippen molar-refractivity contribution in [1.29, 1.82) is 0 Å². The summed E-state index contributed by atoms with van der Waals surface area (Å²) in [5, 5.41) is 26.5. The van der Waals surface area contributed by atoms with Gasteiger partial charge in [0.15, 0.2) is 5.69 Å². The molecule has 27 heavy (non-hydrogen) atoms. The minimum atomic E-state index is -1.20. The highest BCUT2D eigenvalue weighted by Gasteiger charge is 2.38. The lowest BCUT2D eigenvalue weighted by atomic mass is 9.83. The summed E-state index contributed by atoms with van der Waals surface area (Å²) < 4.78 is 1.59. The number of hydrogen-bond acceptors (Lipinski definition) is 5. The summed E-state index contributed by atoms with van der Waals surface area (Å²) in [4.78, 5) is 27.4. The van der Waals surface area contributed by atoms with Crippen molar-refractivity contribution in [1.82, 2.24) is 19.7 Å². The van der Waals surface area contributed by atoms with Crippen molar-refractivity contribution in [2.45, 2.75) is 38.1 Å². The topological polar surface area (TPSA) is 119 Å². The molecule has 3 N–H and O–H groups in total. The number of aryl methyl sites for hydroxylation is 1. The zero-order chi connectivity index (χ0) is 18.7. The van der Waals surface area contributed by atoms with Gasteiger partial charge in [-0.3, -0.25) is 14.7 Å². The van der Waals surface area contributed by atoms with Gasteiger partial charge in [0.05, 0.1) is 0 Å². The highest BCUT2D eigenvalue weighted by Crippen LogP contribution is 2.36. The molecule has 1 amide bonds. The van der Waals surface area contributed by atoms with Crippen LogP contribution in [-0.2, 0) is 19.4 Å². The molecule has 0 radical (unpaired) electrons. The molecule has 4 heterocycles. The van der Waals surface area contributed by atoms with Gasteiger partial charge in [0.25, 0.3) is 5.91 Å². The largest absolute Gasteiger partial charge is 0.595 e. The summed E-state index contributed by atoms with van der Waals surface area (Å²) >= 11 is 0. The van der Waals surface area contributed by atoms with Crippen molar-refractivity contribution < 1.29 is 15.2 Å². The molecular formula is C18H21N5O4.